The molecule has 2 fully saturated rings. The Morgan fingerprint density at radius 2 is 2.21 bits per heavy atom. The molecule has 1 N–H and O–H groups in total. The number of nitrogens with one attached hydrogen (secondary N) is 1. The van der Waals surface area contributed by atoms with Gasteiger partial charge in [-0.25, -0.2) is 4.79 Å². The molecule has 5 nitrogen and oxygen atoms in total. The van der Waals surface area contributed by atoms with Crippen molar-refractivity contribution in [3.63, 3.8) is 0 Å². The van der Waals surface area contributed by atoms with Crippen molar-refractivity contribution < 1.29 is 9.59 Å². The van der Waals surface area contributed by atoms with Crippen molar-refractivity contribution in [2.24, 2.45) is 0 Å². The van der Waals surface area contributed by atoms with Crippen molar-refractivity contribution in [2.45, 2.75) is 6.04 Å². The van der Waals surface area contributed by atoms with Gasteiger partial charge in [0.25, 0.3) is 5.91 Å². The Kier molecular flexibility index (Phi) is 3.57. The van der Waals surface area contributed by atoms with Crippen molar-refractivity contribution in [1.29, 1.82) is 0 Å². The predicted molar refractivity (Wildman–Crippen MR) is 79.5 cm³/mol. The summed E-state index contributed by atoms with van der Waals surface area (Å²) in [4.78, 5) is 28.3. The fourth-order valence-electron chi connectivity index (χ4n) is 2.40. The largest absolute Gasteiger partial charge is 0.336 e. The second-order valence-corrected chi connectivity index (χ2v) is 7.74. The normalized spacial score (nSPS) is 22.4. The number of hydrogen-bond acceptors (Lipinski definition) is 3. The maximum Gasteiger partial charge on any atom is 0.317 e. The van der Waals surface area contributed by atoms with Gasteiger partial charge in [0.1, 0.15) is 0 Å². The molecule has 8 heteroatoms. The van der Waals surface area contributed by atoms with Crippen LogP contribution in [0.5, 0.6) is 0 Å². The molecule has 2 aliphatic rings. The summed E-state index contributed by atoms with van der Waals surface area (Å²) in [6.45, 7) is 2.43. The Bertz CT molecular complexity index is 529. The van der Waals surface area contributed by atoms with E-state index >= 15 is 0 Å². The maximum absolute atomic E-state index is 12.4. The van der Waals surface area contributed by atoms with Gasteiger partial charge < -0.3 is 15.1 Å². The lowest BCUT2D eigenvalue weighted by atomic mass is 10.2. The summed E-state index contributed by atoms with van der Waals surface area (Å²) in [5.74, 6) is 0.0374. The molecule has 1 atom stereocenters. The molecule has 0 spiro atoms. The molecule has 0 bridgehead atoms. The fourth-order valence-corrected chi connectivity index (χ4v) is 4.40. The zero-order valence-electron chi connectivity index (χ0n) is 9.86. The Labute approximate surface area is 131 Å². The van der Waals surface area contributed by atoms with E-state index in [1.54, 1.807) is 0 Å². The highest BCUT2D eigenvalue weighted by molar-refractivity contribution is 9.13. The van der Waals surface area contributed by atoms with Crippen LogP contribution in [0.15, 0.2) is 14.3 Å². The molecule has 2 aliphatic heterocycles. The number of amides is 3. The van der Waals surface area contributed by atoms with Crippen LogP contribution < -0.4 is 5.32 Å². The molecule has 1 aromatic heterocycles. The minimum absolute atomic E-state index is 0.0151. The van der Waals surface area contributed by atoms with Gasteiger partial charge in [-0.2, -0.15) is 0 Å². The zero-order valence-corrected chi connectivity index (χ0v) is 13.8. The molecule has 1 unspecified atom stereocenters. The van der Waals surface area contributed by atoms with Crippen LogP contribution in [0.25, 0.3) is 0 Å². The van der Waals surface area contributed by atoms with Crippen LogP contribution in [0.3, 0.4) is 0 Å². The van der Waals surface area contributed by atoms with Gasteiger partial charge in [0.15, 0.2) is 0 Å². The molecule has 102 valence electrons. The number of hydrogen-bond donors (Lipinski definition) is 1. The molecule has 1 aromatic rings. The smallest absolute Gasteiger partial charge is 0.317 e. The summed E-state index contributed by atoms with van der Waals surface area (Å²) >= 11 is 8.21. The summed E-state index contributed by atoms with van der Waals surface area (Å²) in [6.07, 6.45) is 0. The molecular formula is C11H11Br2N3O2S. The van der Waals surface area contributed by atoms with Gasteiger partial charge in [0.2, 0.25) is 0 Å². The van der Waals surface area contributed by atoms with Crippen LogP contribution in [0.4, 0.5) is 4.79 Å². The van der Waals surface area contributed by atoms with Crippen molar-refractivity contribution in [2.75, 3.05) is 26.2 Å². The number of carbonyl (C=O) groups is 2. The number of carbonyl (C=O) groups excluding carboxylic acids is 2. The summed E-state index contributed by atoms with van der Waals surface area (Å²) in [5, 5.41) is 2.81. The lowest BCUT2D eigenvalue weighted by molar-refractivity contribution is 0.0621. The van der Waals surface area contributed by atoms with Gasteiger partial charge in [0, 0.05) is 30.7 Å². The minimum Gasteiger partial charge on any atom is -0.336 e. The second kappa shape index (κ2) is 5.06. The minimum atomic E-state index is -0.0151. The first-order valence-electron chi connectivity index (χ1n) is 5.85. The second-order valence-electron chi connectivity index (χ2n) is 4.52. The standard InChI is InChI=1S/C11H11Br2N3O2S/c12-7-3-8(19-9(7)13)10(17)15-1-2-16-6(5-15)4-14-11(16)18/h3,6H,1-2,4-5H2,(H,14,18). The van der Waals surface area contributed by atoms with Gasteiger partial charge in [-0.15, -0.1) is 11.3 Å². The fraction of sp³-hybridized carbons (Fsp3) is 0.455. The topological polar surface area (TPSA) is 52.7 Å². The van der Waals surface area contributed by atoms with E-state index in [1.807, 2.05) is 15.9 Å². The Morgan fingerprint density at radius 3 is 2.89 bits per heavy atom. The molecular weight excluding hydrogens is 398 g/mol. The van der Waals surface area contributed by atoms with E-state index < -0.39 is 0 Å². The number of rotatable bonds is 1. The van der Waals surface area contributed by atoms with Crippen LogP contribution >= 0.6 is 43.2 Å². The third kappa shape index (κ3) is 2.41. The predicted octanol–water partition coefficient (Wildman–Crippen LogP) is 2.12. The van der Waals surface area contributed by atoms with Gasteiger partial charge in [-0.1, -0.05) is 0 Å². The van der Waals surface area contributed by atoms with Crippen LogP contribution in [0.1, 0.15) is 9.67 Å². The average molecular weight is 409 g/mol. The van der Waals surface area contributed by atoms with Gasteiger partial charge in [0.05, 0.1) is 14.7 Å². The third-order valence-electron chi connectivity index (χ3n) is 3.38. The summed E-state index contributed by atoms with van der Waals surface area (Å²) < 4.78 is 1.82. The first-order chi connectivity index (χ1) is 9.06. The molecule has 0 aromatic carbocycles. The number of piperazine rings is 1. The first kappa shape index (κ1) is 13.4. The third-order valence-corrected chi connectivity index (χ3v) is 6.62. The lowest BCUT2D eigenvalue weighted by Crippen LogP contribution is -2.53. The van der Waals surface area contributed by atoms with Crippen molar-refractivity contribution in [3.05, 3.63) is 19.2 Å². The van der Waals surface area contributed by atoms with E-state index in [0.717, 1.165) is 8.26 Å². The van der Waals surface area contributed by atoms with Gasteiger partial charge >= 0.3 is 6.03 Å². The van der Waals surface area contributed by atoms with Gasteiger partial charge in [-0.3, -0.25) is 4.79 Å². The van der Waals surface area contributed by atoms with Crippen LogP contribution in [0.2, 0.25) is 0 Å². The van der Waals surface area contributed by atoms with E-state index in [1.165, 1.54) is 11.3 Å². The number of halogens is 2. The maximum atomic E-state index is 12.4. The van der Waals surface area contributed by atoms with E-state index in [4.69, 9.17) is 0 Å². The number of thiophene rings is 1. The lowest BCUT2D eigenvalue weighted by Gasteiger charge is -2.36. The number of urea groups is 1. The summed E-state index contributed by atoms with van der Waals surface area (Å²) in [5.41, 5.74) is 0. The van der Waals surface area contributed by atoms with Crippen molar-refractivity contribution in [1.82, 2.24) is 15.1 Å². The van der Waals surface area contributed by atoms with Crippen molar-refractivity contribution >= 4 is 55.1 Å². The SMILES string of the molecule is O=C(c1cc(Br)c(Br)s1)N1CCN2C(=O)NCC2C1. The van der Waals surface area contributed by atoms with Crippen LogP contribution in [-0.2, 0) is 0 Å². The van der Waals surface area contributed by atoms with Crippen LogP contribution in [-0.4, -0.2) is 54.0 Å². The van der Waals surface area contributed by atoms with Crippen LogP contribution in [0, 0.1) is 0 Å². The molecule has 0 radical (unpaired) electrons. The molecule has 3 heterocycles. The van der Waals surface area contributed by atoms with Gasteiger partial charge in [-0.05, 0) is 37.9 Å². The highest BCUT2D eigenvalue weighted by Gasteiger charge is 2.37. The van der Waals surface area contributed by atoms with E-state index in [0.29, 0.717) is 31.1 Å². The van der Waals surface area contributed by atoms with Crippen molar-refractivity contribution in [3.8, 4) is 0 Å². The van der Waals surface area contributed by atoms with E-state index in [2.05, 4.69) is 37.2 Å². The monoisotopic (exact) mass is 407 g/mol. The summed E-state index contributed by atoms with van der Waals surface area (Å²) in [7, 11) is 0. The van der Waals surface area contributed by atoms with E-state index in [9.17, 15) is 9.59 Å². The average Bonchev–Trinajstić information content (AvgIpc) is 2.93. The zero-order chi connectivity index (χ0) is 13.6. The number of fused-ring (bicyclic) bond motifs is 1. The molecule has 2 saturated heterocycles. The Morgan fingerprint density at radius 1 is 1.42 bits per heavy atom. The summed E-state index contributed by atoms with van der Waals surface area (Å²) in [6, 6.07) is 1.93. The molecule has 0 saturated carbocycles. The Balaban J connectivity index is 1.73. The first-order valence-corrected chi connectivity index (χ1v) is 8.25. The highest BCUT2D eigenvalue weighted by Crippen LogP contribution is 2.33. The van der Waals surface area contributed by atoms with E-state index in [-0.39, 0.29) is 18.0 Å². The molecule has 0 aliphatic carbocycles. The Hall–Kier alpha value is -0.600. The highest BCUT2D eigenvalue weighted by atomic mass is 79.9. The molecule has 3 rings (SSSR count). The molecule has 19 heavy (non-hydrogen) atoms. The molecule has 3 amide bonds. The number of nitrogens with zero attached hydrogens (tertiary/aromatic N) is 2. The quantitative estimate of drug-likeness (QED) is 0.773.